The number of hydrogen-bond donors (Lipinski definition) is 2. The first-order valence-corrected chi connectivity index (χ1v) is 6.76. The first-order valence-electron chi connectivity index (χ1n) is 5.94. The fourth-order valence-corrected chi connectivity index (χ4v) is 2.52. The number of carbonyl (C=O) groups excluding carboxylic acids is 1. The number of nitrogens with zero attached hydrogens (tertiary/aromatic N) is 1. The Morgan fingerprint density at radius 3 is 2.28 bits per heavy atom. The molecule has 4 nitrogen and oxygen atoms in total. The number of thiazole rings is 1. The topological polar surface area (TPSA) is 68.0 Å². The van der Waals surface area contributed by atoms with Crippen LogP contribution in [0, 0.1) is 19.3 Å². The van der Waals surface area contributed by atoms with E-state index in [1.165, 1.54) is 11.3 Å². The standard InChI is InChI=1S/C12H21N3OS.ClH/c1-5-12(6-2,7-13)10(16)15-11-14-8(3)9(4)17-11;/h5-7,13H2,1-4H3,(H,14,15,16);1H. The van der Waals surface area contributed by atoms with E-state index in [4.69, 9.17) is 5.73 Å². The van der Waals surface area contributed by atoms with Gasteiger partial charge in [-0.05, 0) is 26.7 Å². The van der Waals surface area contributed by atoms with Crippen LogP contribution < -0.4 is 11.1 Å². The molecule has 1 heterocycles. The van der Waals surface area contributed by atoms with Crippen LogP contribution in [0.15, 0.2) is 0 Å². The molecule has 1 aromatic rings. The Morgan fingerprint density at radius 1 is 1.39 bits per heavy atom. The number of anilines is 1. The lowest BCUT2D eigenvalue weighted by Gasteiger charge is -2.27. The second-order valence-electron chi connectivity index (χ2n) is 4.31. The molecular weight excluding hydrogens is 270 g/mol. The average molecular weight is 292 g/mol. The summed E-state index contributed by atoms with van der Waals surface area (Å²) in [6.07, 6.45) is 1.49. The summed E-state index contributed by atoms with van der Waals surface area (Å²) in [6.45, 7) is 8.30. The fraction of sp³-hybridized carbons (Fsp3) is 0.667. The van der Waals surface area contributed by atoms with Gasteiger partial charge >= 0.3 is 0 Å². The van der Waals surface area contributed by atoms with Gasteiger partial charge in [0.1, 0.15) is 0 Å². The number of aromatic nitrogens is 1. The van der Waals surface area contributed by atoms with Crippen molar-refractivity contribution in [1.29, 1.82) is 0 Å². The highest BCUT2D eigenvalue weighted by Gasteiger charge is 2.33. The van der Waals surface area contributed by atoms with Crippen LogP contribution in [-0.2, 0) is 4.79 Å². The van der Waals surface area contributed by atoms with Gasteiger partial charge < -0.3 is 11.1 Å². The quantitative estimate of drug-likeness (QED) is 0.876. The zero-order chi connectivity index (χ0) is 13.1. The Labute approximate surface area is 119 Å². The van der Waals surface area contributed by atoms with Gasteiger partial charge in [0.2, 0.25) is 5.91 Å². The first-order chi connectivity index (χ1) is 7.99. The van der Waals surface area contributed by atoms with Crippen molar-refractivity contribution in [3.05, 3.63) is 10.6 Å². The van der Waals surface area contributed by atoms with Crippen molar-refractivity contribution >= 4 is 34.8 Å². The van der Waals surface area contributed by atoms with E-state index in [0.29, 0.717) is 11.7 Å². The monoisotopic (exact) mass is 291 g/mol. The molecule has 1 aromatic heterocycles. The molecule has 0 atom stereocenters. The lowest BCUT2D eigenvalue weighted by atomic mass is 9.81. The van der Waals surface area contributed by atoms with Gasteiger partial charge in [0.05, 0.1) is 11.1 Å². The summed E-state index contributed by atoms with van der Waals surface area (Å²) in [5, 5.41) is 3.56. The van der Waals surface area contributed by atoms with Crippen molar-refractivity contribution < 1.29 is 4.79 Å². The number of amides is 1. The number of hydrogen-bond acceptors (Lipinski definition) is 4. The normalized spacial score (nSPS) is 10.9. The SMILES string of the molecule is CCC(CC)(CN)C(=O)Nc1nc(C)c(C)s1.Cl. The Balaban J connectivity index is 0.00000289. The molecule has 6 heteroatoms. The van der Waals surface area contributed by atoms with Crippen molar-refractivity contribution in [1.82, 2.24) is 4.98 Å². The highest BCUT2D eigenvalue weighted by Crippen LogP contribution is 2.28. The number of carbonyl (C=O) groups is 1. The Kier molecular flexibility index (Phi) is 6.81. The molecule has 0 saturated carbocycles. The highest BCUT2D eigenvalue weighted by atomic mass is 35.5. The zero-order valence-electron chi connectivity index (χ0n) is 11.4. The largest absolute Gasteiger partial charge is 0.329 e. The predicted molar refractivity (Wildman–Crippen MR) is 79.5 cm³/mol. The van der Waals surface area contributed by atoms with Gasteiger partial charge in [-0.2, -0.15) is 0 Å². The Hall–Kier alpha value is -0.650. The fourth-order valence-electron chi connectivity index (χ4n) is 1.71. The summed E-state index contributed by atoms with van der Waals surface area (Å²) in [6, 6.07) is 0. The second-order valence-corrected chi connectivity index (χ2v) is 5.51. The van der Waals surface area contributed by atoms with E-state index >= 15 is 0 Å². The summed E-state index contributed by atoms with van der Waals surface area (Å²) in [5.74, 6) is -0.0150. The molecular formula is C12H22ClN3OS. The lowest BCUT2D eigenvalue weighted by molar-refractivity contribution is -0.125. The molecule has 0 fully saturated rings. The summed E-state index contributed by atoms with van der Waals surface area (Å²) >= 11 is 1.51. The van der Waals surface area contributed by atoms with E-state index in [1.54, 1.807) is 0 Å². The summed E-state index contributed by atoms with van der Waals surface area (Å²) < 4.78 is 0. The van der Waals surface area contributed by atoms with Crippen molar-refractivity contribution in [3.8, 4) is 0 Å². The van der Waals surface area contributed by atoms with Gasteiger partial charge in [-0.3, -0.25) is 4.79 Å². The van der Waals surface area contributed by atoms with Crippen LogP contribution in [0.2, 0.25) is 0 Å². The predicted octanol–water partition coefficient (Wildman–Crippen LogP) is 2.89. The van der Waals surface area contributed by atoms with Crippen molar-refractivity contribution in [2.24, 2.45) is 11.1 Å². The molecule has 0 radical (unpaired) electrons. The van der Waals surface area contributed by atoms with E-state index < -0.39 is 5.41 Å². The smallest absolute Gasteiger partial charge is 0.233 e. The molecule has 0 saturated heterocycles. The van der Waals surface area contributed by atoms with Crippen LogP contribution in [0.3, 0.4) is 0 Å². The maximum atomic E-state index is 12.2. The summed E-state index contributed by atoms with van der Waals surface area (Å²) in [5.41, 5.74) is 6.24. The van der Waals surface area contributed by atoms with E-state index in [0.717, 1.165) is 23.4 Å². The van der Waals surface area contributed by atoms with Crippen LogP contribution in [0.25, 0.3) is 0 Å². The van der Waals surface area contributed by atoms with Crippen LogP contribution in [0.1, 0.15) is 37.3 Å². The van der Waals surface area contributed by atoms with Crippen molar-refractivity contribution in [3.63, 3.8) is 0 Å². The van der Waals surface area contributed by atoms with E-state index in [2.05, 4.69) is 10.3 Å². The molecule has 18 heavy (non-hydrogen) atoms. The molecule has 0 bridgehead atoms. The molecule has 1 amide bonds. The minimum Gasteiger partial charge on any atom is -0.329 e. The molecule has 0 aliphatic rings. The molecule has 0 aliphatic carbocycles. The molecule has 0 unspecified atom stereocenters. The van der Waals surface area contributed by atoms with Crippen molar-refractivity contribution in [2.45, 2.75) is 40.5 Å². The third-order valence-electron chi connectivity index (χ3n) is 3.47. The van der Waals surface area contributed by atoms with Gasteiger partial charge in [-0.15, -0.1) is 23.7 Å². The van der Waals surface area contributed by atoms with Gasteiger partial charge in [0.25, 0.3) is 0 Å². The maximum absolute atomic E-state index is 12.2. The molecule has 1 rings (SSSR count). The number of halogens is 1. The Morgan fingerprint density at radius 2 is 1.94 bits per heavy atom. The summed E-state index contributed by atoms with van der Waals surface area (Å²) in [4.78, 5) is 17.7. The van der Waals surface area contributed by atoms with Crippen molar-refractivity contribution in [2.75, 3.05) is 11.9 Å². The number of aryl methyl sites for hydroxylation is 2. The van der Waals surface area contributed by atoms with E-state index in [-0.39, 0.29) is 18.3 Å². The second kappa shape index (κ2) is 7.07. The van der Waals surface area contributed by atoms with E-state index in [1.807, 2.05) is 27.7 Å². The minimum absolute atomic E-state index is 0. The number of nitrogens with two attached hydrogens (primary N) is 1. The molecule has 0 spiro atoms. The lowest BCUT2D eigenvalue weighted by Crippen LogP contribution is -2.41. The van der Waals surface area contributed by atoms with Gasteiger partial charge in [0, 0.05) is 11.4 Å². The van der Waals surface area contributed by atoms with Crippen LogP contribution in [-0.4, -0.2) is 17.4 Å². The maximum Gasteiger partial charge on any atom is 0.233 e. The van der Waals surface area contributed by atoms with Gasteiger partial charge in [-0.25, -0.2) is 4.98 Å². The van der Waals surface area contributed by atoms with Crippen LogP contribution in [0.4, 0.5) is 5.13 Å². The third kappa shape index (κ3) is 3.43. The average Bonchev–Trinajstić information content (AvgIpc) is 2.61. The van der Waals surface area contributed by atoms with E-state index in [9.17, 15) is 4.79 Å². The number of rotatable bonds is 5. The van der Waals surface area contributed by atoms with Gasteiger partial charge in [0.15, 0.2) is 5.13 Å². The Bertz CT molecular complexity index is 374. The molecule has 0 aromatic carbocycles. The minimum atomic E-state index is -0.465. The van der Waals surface area contributed by atoms with Crippen LogP contribution in [0.5, 0.6) is 0 Å². The molecule has 3 N–H and O–H groups in total. The third-order valence-corrected chi connectivity index (χ3v) is 4.46. The number of nitrogens with one attached hydrogen (secondary N) is 1. The summed E-state index contributed by atoms with van der Waals surface area (Å²) in [7, 11) is 0. The van der Waals surface area contributed by atoms with Gasteiger partial charge in [-0.1, -0.05) is 13.8 Å². The molecule has 0 aliphatic heterocycles. The first kappa shape index (κ1) is 17.4. The molecule has 104 valence electrons. The highest BCUT2D eigenvalue weighted by molar-refractivity contribution is 7.15. The van der Waals surface area contributed by atoms with Crippen LogP contribution >= 0.6 is 23.7 Å². The zero-order valence-corrected chi connectivity index (χ0v) is 13.0.